The van der Waals surface area contributed by atoms with Crippen LogP contribution in [-0.4, -0.2) is 70.9 Å². The molecule has 0 spiro atoms. The maximum Gasteiger partial charge on any atom is 0.410 e. The molecule has 0 radical (unpaired) electrons. The van der Waals surface area contributed by atoms with Crippen molar-refractivity contribution in [3.8, 4) is 11.1 Å². The first-order valence-corrected chi connectivity index (χ1v) is 11.8. The lowest BCUT2D eigenvalue weighted by atomic mass is 9.88. The van der Waals surface area contributed by atoms with Crippen LogP contribution in [0.3, 0.4) is 0 Å². The van der Waals surface area contributed by atoms with Gasteiger partial charge in [0.15, 0.2) is 5.54 Å². The van der Waals surface area contributed by atoms with Gasteiger partial charge in [0.25, 0.3) is 0 Å². The molecule has 1 heterocycles. The van der Waals surface area contributed by atoms with Crippen LogP contribution < -0.4 is 0 Å². The maximum atomic E-state index is 13.1. The van der Waals surface area contributed by atoms with E-state index < -0.39 is 29.3 Å². The second kappa shape index (κ2) is 9.24. The Morgan fingerprint density at radius 2 is 1.63 bits per heavy atom. The molecule has 186 valence electrons. The molecule has 0 saturated carbocycles. The van der Waals surface area contributed by atoms with E-state index in [0.717, 1.165) is 27.2 Å². The summed E-state index contributed by atoms with van der Waals surface area (Å²) in [5.41, 5.74) is 2.06. The largest absolute Gasteiger partial charge is 0.479 e. The number of hydrogen-bond acceptors (Lipinski definition) is 5. The highest BCUT2D eigenvalue weighted by molar-refractivity contribution is 5.86. The Hall–Kier alpha value is -3.55. The van der Waals surface area contributed by atoms with Crippen molar-refractivity contribution in [2.75, 3.05) is 26.7 Å². The highest BCUT2D eigenvalue weighted by Crippen LogP contribution is 2.44. The Labute approximate surface area is 205 Å². The smallest absolute Gasteiger partial charge is 0.410 e. The number of carboxylic acid groups (broad SMARTS) is 1. The van der Waals surface area contributed by atoms with Crippen molar-refractivity contribution < 1.29 is 29.0 Å². The molecule has 2 aliphatic rings. The average molecular weight is 481 g/mol. The summed E-state index contributed by atoms with van der Waals surface area (Å²) < 4.78 is 11.1. The lowest BCUT2D eigenvalue weighted by molar-refractivity contribution is -0.153. The zero-order valence-corrected chi connectivity index (χ0v) is 20.6. The van der Waals surface area contributed by atoms with Crippen LogP contribution in [0.4, 0.5) is 9.59 Å². The van der Waals surface area contributed by atoms with Crippen molar-refractivity contribution in [2.45, 2.75) is 50.7 Å². The molecule has 1 aliphatic heterocycles. The molecule has 1 atom stereocenters. The van der Waals surface area contributed by atoms with E-state index in [2.05, 4.69) is 12.1 Å². The summed E-state index contributed by atoms with van der Waals surface area (Å²) in [5.74, 6) is -1.31. The predicted molar refractivity (Wildman–Crippen MR) is 130 cm³/mol. The number of ether oxygens (including phenoxy) is 2. The molecule has 1 saturated heterocycles. The lowest BCUT2D eigenvalue weighted by Gasteiger charge is -2.44. The molecular weight excluding hydrogens is 448 g/mol. The summed E-state index contributed by atoms with van der Waals surface area (Å²) in [5, 5.41) is 10.2. The number of likely N-dealkylation sites (N-methyl/N-ethyl adjacent to an activating group) is 1. The summed E-state index contributed by atoms with van der Waals surface area (Å²) in [6, 6.07) is 16.0. The number of carboxylic acids is 1. The number of piperidine rings is 1. The van der Waals surface area contributed by atoms with Crippen LogP contribution in [0.1, 0.15) is 50.7 Å². The van der Waals surface area contributed by atoms with Gasteiger partial charge in [-0.25, -0.2) is 14.4 Å². The van der Waals surface area contributed by atoms with E-state index in [1.54, 1.807) is 20.8 Å². The summed E-state index contributed by atoms with van der Waals surface area (Å²) in [6.07, 6.45) is -0.696. The van der Waals surface area contributed by atoms with Crippen LogP contribution in [0.5, 0.6) is 0 Å². The minimum absolute atomic E-state index is 0.0860. The Bertz CT molecular complexity index is 1090. The first-order chi connectivity index (χ1) is 16.5. The zero-order valence-electron chi connectivity index (χ0n) is 20.6. The second-order valence-corrected chi connectivity index (χ2v) is 10.2. The third kappa shape index (κ3) is 4.70. The van der Waals surface area contributed by atoms with Crippen molar-refractivity contribution in [1.29, 1.82) is 0 Å². The summed E-state index contributed by atoms with van der Waals surface area (Å²) in [4.78, 5) is 40.7. The molecule has 0 aromatic heterocycles. The second-order valence-electron chi connectivity index (χ2n) is 10.2. The van der Waals surface area contributed by atoms with Crippen LogP contribution in [0.2, 0.25) is 0 Å². The van der Waals surface area contributed by atoms with Crippen LogP contribution in [0.15, 0.2) is 48.5 Å². The number of fused-ring (bicyclic) bond motifs is 3. The number of likely N-dealkylation sites (tertiary alicyclic amines) is 1. The SMILES string of the molecule is CN(C(=O)OCC1c2ccccc2-c2ccccc21)C1(C(=O)O)CCCN(C(=O)OC(C)(C)C)C1. The maximum absolute atomic E-state index is 13.1. The van der Waals surface area contributed by atoms with Crippen molar-refractivity contribution in [3.05, 3.63) is 59.7 Å². The van der Waals surface area contributed by atoms with Gasteiger partial charge in [-0.05, 0) is 55.9 Å². The number of aliphatic carboxylic acids is 1. The van der Waals surface area contributed by atoms with Gasteiger partial charge < -0.3 is 19.5 Å². The average Bonchev–Trinajstić information content (AvgIpc) is 3.14. The Morgan fingerprint density at radius 1 is 1.06 bits per heavy atom. The molecule has 1 fully saturated rings. The zero-order chi connectivity index (χ0) is 25.4. The number of amides is 2. The molecule has 1 N–H and O–H groups in total. The van der Waals surface area contributed by atoms with Gasteiger partial charge >= 0.3 is 18.2 Å². The van der Waals surface area contributed by atoms with Gasteiger partial charge in [-0.15, -0.1) is 0 Å². The topological polar surface area (TPSA) is 96.4 Å². The van der Waals surface area contributed by atoms with E-state index in [-0.39, 0.29) is 25.5 Å². The summed E-state index contributed by atoms with van der Waals surface area (Å²) >= 11 is 0. The number of carbonyl (C=O) groups excluding carboxylic acids is 2. The molecule has 1 unspecified atom stereocenters. The number of hydrogen-bond donors (Lipinski definition) is 1. The molecule has 2 amide bonds. The minimum Gasteiger partial charge on any atom is -0.479 e. The van der Waals surface area contributed by atoms with Crippen LogP contribution in [-0.2, 0) is 14.3 Å². The quantitative estimate of drug-likeness (QED) is 0.680. The van der Waals surface area contributed by atoms with Crippen LogP contribution in [0, 0.1) is 0 Å². The molecule has 4 rings (SSSR count). The number of benzene rings is 2. The van der Waals surface area contributed by atoms with Crippen LogP contribution in [0.25, 0.3) is 11.1 Å². The molecule has 1 aliphatic carbocycles. The Morgan fingerprint density at radius 3 is 2.17 bits per heavy atom. The first-order valence-electron chi connectivity index (χ1n) is 11.8. The Kier molecular flexibility index (Phi) is 6.49. The highest BCUT2D eigenvalue weighted by Gasteiger charge is 2.50. The summed E-state index contributed by atoms with van der Waals surface area (Å²) in [7, 11) is 1.42. The Balaban J connectivity index is 1.50. The van der Waals surface area contributed by atoms with E-state index in [4.69, 9.17) is 9.47 Å². The molecule has 0 bridgehead atoms. The fourth-order valence-electron chi connectivity index (χ4n) is 4.98. The molecule has 2 aromatic carbocycles. The van der Waals surface area contributed by atoms with Gasteiger partial charge in [-0.3, -0.25) is 4.90 Å². The molecule has 8 nitrogen and oxygen atoms in total. The number of rotatable bonds is 4. The molecule has 35 heavy (non-hydrogen) atoms. The third-order valence-corrected chi connectivity index (χ3v) is 6.77. The van der Waals surface area contributed by atoms with Gasteiger partial charge in [0.2, 0.25) is 0 Å². The van der Waals surface area contributed by atoms with E-state index in [1.165, 1.54) is 11.9 Å². The van der Waals surface area contributed by atoms with Crippen molar-refractivity contribution in [2.24, 2.45) is 0 Å². The van der Waals surface area contributed by atoms with Gasteiger partial charge in [-0.1, -0.05) is 48.5 Å². The number of nitrogens with zero attached hydrogens (tertiary/aromatic N) is 2. The van der Waals surface area contributed by atoms with Gasteiger partial charge in [0, 0.05) is 19.5 Å². The minimum atomic E-state index is -1.60. The van der Waals surface area contributed by atoms with Gasteiger partial charge in [-0.2, -0.15) is 0 Å². The summed E-state index contributed by atoms with van der Waals surface area (Å²) in [6.45, 7) is 5.54. The van der Waals surface area contributed by atoms with Crippen molar-refractivity contribution in [1.82, 2.24) is 9.80 Å². The van der Waals surface area contributed by atoms with E-state index in [0.29, 0.717) is 13.0 Å². The van der Waals surface area contributed by atoms with Crippen LogP contribution >= 0.6 is 0 Å². The van der Waals surface area contributed by atoms with E-state index in [9.17, 15) is 19.5 Å². The normalized spacial score (nSPS) is 19.5. The molecule has 2 aromatic rings. The van der Waals surface area contributed by atoms with Gasteiger partial charge in [0.1, 0.15) is 12.2 Å². The van der Waals surface area contributed by atoms with E-state index >= 15 is 0 Å². The highest BCUT2D eigenvalue weighted by atomic mass is 16.6. The van der Waals surface area contributed by atoms with Gasteiger partial charge in [0.05, 0.1) is 6.54 Å². The molecule has 8 heteroatoms. The first kappa shape index (κ1) is 24.6. The fraction of sp³-hybridized carbons (Fsp3) is 0.444. The van der Waals surface area contributed by atoms with Crippen molar-refractivity contribution >= 4 is 18.2 Å². The lowest BCUT2D eigenvalue weighted by Crippen LogP contribution is -2.64. The standard InChI is InChI=1S/C27H32N2O6/c1-26(2,3)35-25(33)29-15-9-14-27(17-29,23(30)31)28(4)24(32)34-16-22-20-12-7-5-10-18(20)19-11-6-8-13-21(19)22/h5-8,10-13,22H,9,14-17H2,1-4H3,(H,30,31). The molecular formula is C27H32N2O6. The monoisotopic (exact) mass is 480 g/mol. The fourth-order valence-corrected chi connectivity index (χ4v) is 4.98. The predicted octanol–water partition coefficient (Wildman–Crippen LogP) is 4.72. The third-order valence-electron chi connectivity index (χ3n) is 6.77. The van der Waals surface area contributed by atoms with Crippen molar-refractivity contribution in [3.63, 3.8) is 0 Å². The van der Waals surface area contributed by atoms with E-state index in [1.807, 2.05) is 36.4 Å². The number of carbonyl (C=O) groups is 3.